The molecule has 0 N–H and O–H groups in total. The van der Waals surface area contributed by atoms with Gasteiger partial charge in [0.15, 0.2) is 0 Å². The third kappa shape index (κ3) is 3.19. The van der Waals surface area contributed by atoms with Crippen molar-refractivity contribution in [2.45, 2.75) is 26.3 Å². The Morgan fingerprint density at radius 3 is 2.62 bits per heavy atom. The number of alkyl halides is 2. The number of rotatable bonds is 2. The van der Waals surface area contributed by atoms with Crippen LogP contribution < -0.4 is 0 Å². The number of ether oxygens (including phenoxy) is 1. The molecule has 0 aromatic heterocycles. The predicted octanol–water partition coefficient (Wildman–Crippen LogP) is 1.61. The fraction of sp³-hybridized carbons (Fsp3) is 1.00. The van der Waals surface area contributed by atoms with E-state index in [1.54, 1.807) is 0 Å². The van der Waals surface area contributed by atoms with Crippen LogP contribution in [0.1, 0.15) is 13.8 Å². The Morgan fingerprint density at radius 2 is 2.08 bits per heavy atom. The lowest BCUT2D eigenvalue weighted by Crippen LogP contribution is -2.37. The van der Waals surface area contributed by atoms with Gasteiger partial charge in [-0.3, -0.25) is 4.90 Å². The van der Waals surface area contributed by atoms with Crippen LogP contribution in [0.15, 0.2) is 0 Å². The second-order valence-corrected chi connectivity index (χ2v) is 3.76. The molecule has 1 atom stereocenters. The first kappa shape index (κ1) is 10.9. The van der Waals surface area contributed by atoms with E-state index in [0.717, 1.165) is 6.54 Å². The minimum Gasteiger partial charge on any atom is -0.380 e. The SMILES string of the molecule is CC(C)N1CCOCC(C(F)F)C1. The van der Waals surface area contributed by atoms with Crippen molar-refractivity contribution >= 4 is 0 Å². The van der Waals surface area contributed by atoms with Gasteiger partial charge in [0, 0.05) is 19.1 Å². The van der Waals surface area contributed by atoms with Crippen LogP contribution in [0.2, 0.25) is 0 Å². The Morgan fingerprint density at radius 1 is 1.38 bits per heavy atom. The third-order valence-corrected chi connectivity index (χ3v) is 2.41. The lowest BCUT2D eigenvalue weighted by molar-refractivity contribution is 0.0197. The van der Waals surface area contributed by atoms with E-state index in [1.165, 1.54) is 0 Å². The zero-order valence-corrected chi connectivity index (χ0v) is 8.17. The van der Waals surface area contributed by atoms with Crippen molar-refractivity contribution in [1.29, 1.82) is 0 Å². The summed E-state index contributed by atoms with van der Waals surface area (Å²) >= 11 is 0. The molecule has 0 amide bonds. The molecule has 0 spiro atoms. The minimum atomic E-state index is -2.26. The van der Waals surface area contributed by atoms with Crippen LogP contribution in [0.5, 0.6) is 0 Å². The molecule has 0 radical (unpaired) electrons. The van der Waals surface area contributed by atoms with Gasteiger partial charge in [-0.2, -0.15) is 0 Å². The molecular weight excluding hydrogens is 176 g/mol. The molecule has 1 aliphatic heterocycles. The van der Waals surface area contributed by atoms with Crippen LogP contribution in [-0.2, 0) is 4.74 Å². The van der Waals surface area contributed by atoms with E-state index in [4.69, 9.17) is 4.74 Å². The molecule has 0 aromatic rings. The van der Waals surface area contributed by atoms with Crippen LogP contribution in [0, 0.1) is 5.92 Å². The maximum Gasteiger partial charge on any atom is 0.244 e. The van der Waals surface area contributed by atoms with E-state index in [0.29, 0.717) is 19.2 Å². The van der Waals surface area contributed by atoms with E-state index in [-0.39, 0.29) is 6.61 Å². The summed E-state index contributed by atoms with van der Waals surface area (Å²) < 4.78 is 30.0. The maximum atomic E-state index is 12.4. The topological polar surface area (TPSA) is 12.5 Å². The van der Waals surface area contributed by atoms with Gasteiger partial charge in [-0.1, -0.05) is 0 Å². The third-order valence-electron chi connectivity index (χ3n) is 2.41. The Labute approximate surface area is 77.9 Å². The van der Waals surface area contributed by atoms with Gasteiger partial charge < -0.3 is 4.74 Å². The first-order chi connectivity index (χ1) is 6.11. The fourth-order valence-corrected chi connectivity index (χ4v) is 1.48. The molecule has 0 aliphatic carbocycles. The maximum absolute atomic E-state index is 12.4. The highest BCUT2D eigenvalue weighted by Gasteiger charge is 2.26. The Bertz CT molecular complexity index is 137. The van der Waals surface area contributed by atoms with Crippen molar-refractivity contribution in [3.63, 3.8) is 0 Å². The smallest absolute Gasteiger partial charge is 0.244 e. The molecule has 0 aromatic carbocycles. The van der Waals surface area contributed by atoms with Crippen LogP contribution >= 0.6 is 0 Å². The largest absolute Gasteiger partial charge is 0.380 e. The predicted molar refractivity (Wildman–Crippen MR) is 47.0 cm³/mol. The summed E-state index contributed by atoms with van der Waals surface area (Å²) in [4.78, 5) is 2.05. The zero-order chi connectivity index (χ0) is 9.84. The summed E-state index contributed by atoms with van der Waals surface area (Å²) in [7, 11) is 0. The standard InChI is InChI=1S/C9H17F2NO/c1-7(2)12-3-4-13-6-8(5-12)9(10)11/h7-9H,3-6H2,1-2H3. The number of hydrogen-bond acceptors (Lipinski definition) is 2. The number of hydrogen-bond donors (Lipinski definition) is 0. The van der Waals surface area contributed by atoms with Crippen LogP contribution in [0.3, 0.4) is 0 Å². The molecule has 1 heterocycles. The molecule has 0 saturated carbocycles. The second-order valence-electron chi connectivity index (χ2n) is 3.76. The molecule has 0 bridgehead atoms. The average molecular weight is 193 g/mol. The van der Waals surface area contributed by atoms with Gasteiger partial charge in [0.1, 0.15) is 0 Å². The van der Waals surface area contributed by atoms with Gasteiger partial charge in [-0.05, 0) is 13.8 Å². The molecular formula is C9H17F2NO. The highest BCUT2D eigenvalue weighted by Crippen LogP contribution is 2.16. The van der Waals surface area contributed by atoms with Gasteiger partial charge in [-0.15, -0.1) is 0 Å². The number of nitrogens with zero attached hydrogens (tertiary/aromatic N) is 1. The van der Waals surface area contributed by atoms with Gasteiger partial charge in [-0.25, -0.2) is 8.78 Å². The molecule has 78 valence electrons. The molecule has 2 nitrogen and oxygen atoms in total. The van der Waals surface area contributed by atoms with Gasteiger partial charge >= 0.3 is 0 Å². The molecule has 4 heteroatoms. The van der Waals surface area contributed by atoms with Crippen LogP contribution in [0.25, 0.3) is 0 Å². The summed E-state index contributed by atoms with van der Waals surface area (Å²) in [6.07, 6.45) is -2.26. The molecule has 1 rings (SSSR count). The van der Waals surface area contributed by atoms with E-state index in [9.17, 15) is 8.78 Å². The fourth-order valence-electron chi connectivity index (χ4n) is 1.48. The van der Waals surface area contributed by atoms with Gasteiger partial charge in [0.2, 0.25) is 6.43 Å². The van der Waals surface area contributed by atoms with Crippen molar-refractivity contribution < 1.29 is 13.5 Å². The van der Waals surface area contributed by atoms with E-state index in [1.807, 2.05) is 18.7 Å². The Hall–Kier alpha value is -0.220. The van der Waals surface area contributed by atoms with Crippen molar-refractivity contribution in [2.75, 3.05) is 26.3 Å². The lowest BCUT2D eigenvalue weighted by Gasteiger charge is -2.26. The summed E-state index contributed by atoms with van der Waals surface area (Å²) in [5, 5.41) is 0. The van der Waals surface area contributed by atoms with E-state index < -0.39 is 12.3 Å². The quantitative estimate of drug-likeness (QED) is 0.660. The Kier molecular flexibility index (Phi) is 4.06. The number of halogens is 2. The molecule has 1 unspecified atom stereocenters. The van der Waals surface area contributed by atoms with Gasteiger partial charge in [0.25, 0.3) is 0 Å². The van der Waals surface area contributed by atoms with Crippen molar-refractivity contribution in [1.82, 2.24) is 4.90 Å². The van der Waals surface area contributed by atoms with Crippen LogP contribution in [-0.4, -0.2) is 43.7 Å². The molecule has 1 fully saturated rings. The lowest BCUT2D eigenvalue weighted by atomic mass is 10.1. The summed E-state index contributed by atoms with van der Waals surface area (Å²) in [5.74, 6) is -0.620. The van der Waals surface area contributed by atoms with Gasteiger partial charge in [0.05, 0.1) is 19.1 Å². The molecule has 1 aliphatic rings. The van der Waals surface area contributed by atoms with E-state index >= 15 is 0 Å². The molecule has 13 heavy (non-hydrogen) atoms. The van der Waals surface area contributed by atoms with Crippen molar-refractivity contribution in [3.05, 3.63) is 0 Å². The monoisotopic (exact) mass is 193 g/mol. The minimum absolute atomic E-state index is 0.195. The summed E-state index contributed by atoms with van der Waals surface area (Å²) in [6, 6.07) is 0.322. The summed E-state index contributed by atoms with van der Waals surface area (Å²) in [6.45, 7) is 6.03. The highest BCUT2D eigenvalue weighted by molar-refractivity contribution is 4.73. The first-order valence-electron chi connectivity index (χ1n) is 4.71. The Balaban J connectivity index is 2.49. The molecule has 1 saturated heterocycles. The first-order valence-corrected chi connectivity index (χ1v) is 4.71. The highest BCUT2D eigenvalue weighted by atomic mass is 19.3. The van der Waals surface area contributed by atoms with Crippen molar-refractivity contribution in [2.24, 2.45) is 5.92 Å². The summed E-state index contributed by atoms with van der Waals surface area (Å²) in [5.41, 5.74) is 0. The van der Waals surface area contributed by atoms with Crippen molar-refractivity contribution in [3.8, 4) is 0 Å². The van der Waals surface area contributed by atoms with Crippen LogP contribution in [0.4, 0.5) is 8.78 Å². The van der Waals surface area contributed by atoms with E-state index in [2.05, 4.69) is 0 Å². The average Bonchev–Trinajstić information content (AvgIpc) is 2.28. The second kappa shape index (κ2) is 4.86. The normalized spacial score (nSPS) is 26.8. The zero-order valence-electron chi connectivity index (χ0n) is 8.17.